The molecule has 0 saturated carbocycles. The average Bonchev–Trinajstić information content (AvgIpc) is 2.98. The van der Waals surface area contributed by atoms with Gasteiger partial charge in [-0.1, -0.05) is 26.0 Å². The second kappa shape index (κ2) is 7.34. The highest BCUT2D eigenvalue weighted by Gasteiger charge is 2.15. The lowest BCUT2D eigenvalue weighted by atomic mass is 9.99. The summed E-state index contributed by atoms with van der Waals surface area (Å²) in [5.41, 5.74) is 1.33. The first kappa shape index (κ1) is 14.9. The summed E-state index contributed by atoms with van der Waals surface area (Å²) >= 11 is 0. The first-order valence-electron chi connectivity index (χ1n) is 7.52. The second-order valence-electron chi connectivity index (χ2n) is 5.46. The largest absolute Gasteiger partial charge is 0.464 e. The molecule has 2 rings (SSSR count). The van der Waals surface area contributed by atoms with Crippen LogP contribution in [0.1, 0.15) is 44.6 Å². The molecule has 1 fully saturated rings. The van der Waals surface area contributed by atoms with Gasteiger partial charge in [0, 0.05) is 6.04 Å². The van der Waals surface area contributed by atoms with E-state index in [4.69, 9.17) is 9.47 Å². The summed E-state index contributed by atoms with van der Waals surface area (Å²) in [4.78, 5) is 0. The molecule has 0 aromatic heterocycles. The molecule has 0 spiro atoms. The maximum atomic E-state index is 5.60. The second-order valence-corrected chi connectivity index (χ2v) is 5.46. The summed E-state index contributed by atoms with van der Waals surface area (Å²) in [6, 6.07) is 8.60. The fourth-order valence-corrected chi connectivity index (χ4v) is 2.35. The Morgan fingerprint density at radius 1 is 1.40 bits per heavy atom. The Hall–Kier alpha value is -1.48. The molecule has 0 amide bonds. The van der Waals surface area contributed by atoms with E-state index < -0.39 is 0 Å². The van der Waals surface area contributed by atoms with Crippen LogP contribution in [0.3, 0.4) is 0 Å². The van der Waals surface area contributed by atoms with Crippen molar-refractivity contribution in [3.05, 3.63) is 42.4 Å². The number of benzene rings is 1. The summed E-state index contributed by atoms with van der Waals surface area (Å²) in [6.45, 7) is 9.95. The van der Waals surface area contributed by atoms with Crippen molar-refractivity contribution < 1.29 is 9.47 Å². The maximum absolute atomic E-state index is 5.60. The van der Waals surface area contributed by atoms with E-state index in [1.54, 1.807) is 0 Å². The van der Waals surface area contributed by atoms with Crippen molar-refractivity contribution in [2.45, 2.75) is 45.1 Å². The van der Waals surface area contributed by atoms with Crippen LogP contribution in [0.2, 0.25) is 0 Å². The standard InChI is InChI=1S/C17H25NO2/c1-4-13(2)15-7-9-17(10-8-15)20-14(3)19-12-16-6-5-11-18-16/h7-10,13,16,18H,3-6,11-12H2,1-2H3. The molecule has 1 aliphatic rings. The Bertz CT molecular complexity index is 421. The minimum absolute atomic E-state index is 0.370. The van der Waals surface area contributed by atoms with Gasteiger partial charge in [0.25, 0.3) is 5.95 Å². The van der Waals surface area contributed by atoms with Crippen LogP contribution in [-0.4, -0.2) is 19.2 Å². The zero-order valence-electron chi connectivity index (χ0n) is 12.5. The number of hydrogen-bond donors (Lipinski definition) is 1. The van der Waals surface area contributed by atoms with Crippen LogP contribution in [0, 0.1) is 0 Å². The smallest absolute Gasteiger partial charge is 0.277 e. The topological polar surface area (TPSA) is 30.5 Å². The fourth-order valence-electron chi connectivity index (χ4n) is 2.35. The summed E-state index contributed by atoms with van der Waals surface area (Å²) in [6.07, 6.45) is 3.53. The molecule has 2 atom stereocenters. The zero-order valence-corrected chi connectivity index (χ0v) is 12.5. The summed E-state index contributed by atoms with van der Waals surface area (Å²) < 4.78 is 11.1. The molecular weight excluding hydrogens is 250 g/mol. The van der Waals surface area contributed by atoms with Gasteiger partial charge in [0.15, 0.2) is 0 Å². The van der Waals surface area contributed by atoms with Crippen molar-refractivity contribution in [2.75, 3.05) is 13.2 Å². The molecule has 1 aromatic rings. The molecule has 110 valence electrons. The van der Waals surface area contributed by atoms with Crippen LogP contribution in [0.25, 0.3) is 0 Å². The Balaban J connectivity index is 1.78. The van der Waals surface area contributed by atoms with Crippen molar-refractivity contribution in [2.24, 2.45) is 0 Å². The monoisotopic (exact) mass is 275 g/mol. The summed E-state index contributed by atoms with van der Waals surface area (Å²) in [5.74, 6) is 1.73. The molecule has 20 heavy (non-hydrogen) atoms. The molecule has 2 unspecified atom stereocenters. The third-order valence-corrected chi connectivity index (χ3v) is 3.90. The lowest BCUT2D eigenvalue weighted by Gasteiger charge is -2.15. The van der Waals surface area contributed by atoms with E-state index in [2.05, 4.69) is 37.9 Å². The quantitative estimate of drug-likeness (QED) is 0.767. The molecule has 0 aliphatic carbocycles. The molecule has 1 aliphatic heterocycles. The van der Waals surface area contributed by atoms with Gasteiger partial charge < -0.3 is 14.8 Å². The molecule has 3 nitrogen and oxygen atoms in total. The highest BCUT2D eigenvalue weighted by atomic mass is 16.7. The van der Waals surface area contributed by atoms with Crippen molar-refractivity contribution in [3.8, 4) is 5.75 Å². The lowest BCUT2D eigenvalue weighted by Crippen LogP contribution is -2.26. The molecule has 1 aromatic carbocycles. The van der Waals surface area contributed by atoms with Crippen molar-refractivity contribution in [3.63, 3.8) is 0 Å². The van der Waals surface area contributed by atoms with Crippen molar-refractivity contribution in [1.82, 2.24) is 5.32 Å². The third kappa shape index (κ3) is 4.27. The third-order valence-electron chi connectivity index (χ3n) is 3.90. The Kier molecular flexibility index (Phi) is 5.48. The van der Waals surface area contributed by atoms with E-state index in [0.717, 1.165) is 25.1 Å². The fraction of sp³-hybridized carbons (Fsp3) is 0.529. The van der Waals surface area contributed by atoms with Crippen LogP contribution in [-0.2, 0) is 4.74 Å². The van der Waals surface area contributed by atoms with Crippen molar-refractivity contribution in [1.29, 1.82) is 0 Å². The van der Waals surface area contributed by atoms with Gasteiger partial charge in [-0.2, -0.15) is 0 Å². The summed E-state index contributed by atoms with van der Waals surface area (Å²) in [5, 5.41) is 3.38. The number of rotatable bonds is 7. The van der Waals surface area contributed by atoms with E-state index in [1.165, 1.54) is 12.0 Å². The highest BCUT2D eigenvalue weighted by molar-refractivity contribution is 5.29. The molecule has 3 heteroatoms. The molecule has 1 N–H and O–H groups in total. The predicted molar refractivity (Wildman–Crippen MR) is 81.9 cm³/mol. The van der Waals surface area contributed by atoms with Crippen LogP contribution in [0.4, 0.5) is 0 Å². The Morgan fingerprint density at radius 3 is 2.75 bits per heavy atom. The molecule has 0 radical (unpaired) electrons. The SMILES string of the molecule is C=C(OCC1CCCN1)Oc1ccc(C(C)CC)cc1. The van der Waals surface area contributed by atoms with Gasteiger partial charge in [-0.3, -0.25) is 0 Å². The van der Waals surface area contributed by atoms with Gasteiger partial charge in [-0.25, -0.2) is 0 Å². The molecular formula is C17H25NO2. The van der Waals surface area contributed by atoms with Gasteiger partial charge >= 0.3 is 0 Å². The van der Waals surface area contributed by atoms with E-state index in [0.29, 0.717) is 24.5 Å². The Labute approximate surface area is 122 Å². The first-order valence-corrected chi connectivity index (χ1v) is 7.52. The highest BCUT2D eigenvalue weighted by Crippen LogP contribution is 2.22. The van der Waals surface area contributed by atoms with Gasteiger partial charge in [-0.15, -0.1) is 0 Å². The van der Waals surface area contributed by atoms with Crippen LogP contribution >= 0.6 is 0 Å². The predicted octanol–water partition coefficient (Wildman–Crippen LogP) is 3.82. The number of nitrogens with one attached hydrogen (secondary N) is 1. The average molecular weight is 275 g/mol. The van der Waals surface area contributed by atoms with Gasteiger partial charge in [0.1, 0.15) is 12.4 Å². The van der Waals surface area contributed by atoms with Gasteiger partial charge in [0.2, 0.25) is 0 Å². The van der Waals surface area contributed by atoms with Crippen LogP contribution in [0.5, 0.6) is 5.75 Å². The minimum Gasteiger partial charge on any atom is -0.464 e. The molecule has 0 bridgehead atoms. The molecule has 1 heterocycles. The van der Waals surface area contributed by atoms with Gasteiger partial charge in [-0.05, 0) is 56.0 Å². The lowest BCUT2D eigenvalue weighted by molar-refractivity contribution is 0.0952. The van der Waals surface area contributed by atoms with E-state index >= 15 is 0 Å². The Morgan fingerprint density at radius 2 is 2.15 bits per heavy atom. The molecule has 1 saturated heterocycles. The van der Waals surface area contributed by atoms with Gasteiger partial charge in [0.05, 0.1) is 0 Å². The minimum atomic E-state index is 0.370. The maximum Gasteiger partial charge on any atom is 0.277 e. The van der Waals surface area contributed by atoms with Crippen LogP contribution in [0.15, 0.2) is 36.8 Å². The number of hydrogen-bond acceptors (Lipinski definition) is 3. The van der Waals surface area contributed by atoms with Crippen LogP contribution < -0.4 is 10.1 Å². The van der Waals surface area contributed by atoms with E-state index in [1.807, 2.05) is 12.1 Å². The van der Waals surface area contributed by atoms with Crippen molar-refractivity contribution >= 4 is 0 Å². The zero-order chi connectivity index (χ0) is 14.4. The first-order chi connectivity index (χ1) is 9.69. The summed E-state index contributed by atoms with van der Waals surface area (Å²) in [7, 11) is 0. The van der Waals surface area contributed by atoms with E-state index in [9.17, 15) is 0 Å². The number of ether oxygens (including phenoxy) is 2. The normalized spacial score (nSPS) is 19.6. The van der Waals surface area contributed by atoms with E-state index in [-0.39, 0.29) is 0 Å².